The van der Waals surface area contributed by atoms with Crippen LogP contribution in [-0.2, 0) is 21.2 Å². The molecule has 2 aromatic rings. The summed E-state index contributed by atoms with van der Waals surface area (Å²) in [7, 11) is -3.47. The lowest BCUT2D eigenvalue weighted by Crippen LogP contribution is -2.29. The van der Waals surface area contributed by atoms with Gasteiger partial charge in [0.2, 0.25) is 5.91 Å². The zero-order valence-electron chi connectivity index (χ0n) is 17.5. The second-order valence-corrected chi connectivity index (χ2v) is 10.4. The largest absolute Gasteiger partial charge is 0.490 e. The number of aryl methyl sites for hydroxylation is 1. The summed E-state index contributed by atoms with van der Waals surface area (Å²) >= 11 is 0. The number of imide groups is 1. The van der Waals surface area contributed by atoms with Crippen LogP contribution >= 0.6 is 0 Å². The van der Waals surface area contributed by atoms with Crippen LogP contribution in [0.4, 0.5) is 15.1 Å². The van der Waals surface area contributed by atoms with E-state index in [1.54, 1.807) is 19.1 Å². The summed E-state index contributed by atoms with van der Waals surface area (Å²) in [4.78, 5) is 28.0. The number of carbonyl (C=O) groups is 2. The molecule has 1 atom stereocenters. The molecular formula is C20H24FN5O5S. The molecule has 3 amide bonds. The molecule has 2 heterocycles. The number of aromatic nitrogens is 3. The lowest BCUT2D eigenvalue weighted by Gasteiger charge is -2.15. The van der Waals surface area contributed by atoms with Crippen molar-refractivity contribution in [3.63, 3.8) is 0 Å². The quantitative estimate of drug-likeness (QED) is 0.527. The molecule has 0 spiro atoms. The topological polar surface area (TPSA) is 123 Å². The summed E-state index contributed by atoms with van der Waals surface area (Å²) in [5, 5.41) is 6.20. The number of sulfone groups is 1. The van der Waals surface area contributed by atoms with Gasteiger partial charge in [0.25, 0.3) is 5.95 Å². The molecule has 1 saturated heterocycles. The maximum atomic E-state index is 14.0. The fourth-order valence-corrected chi connectivity index (χ4v) is 4.93. The first-order valence-electron chi connectivity index (χ1n) is 10.3. The maximum absolute atomic E-state index is 14.0. The van der Waals surface area contributed by atoms with E-state index in [4.69, 9.17) is 4.74 Å². The first-order chi connectivity index (χ1) is 15.2. The second-order valence-electron chi connectivity index (χ2n) is 8.21. The summed E-state index contributed by atoms with van der Waals surface area (Å²) in [6, 6.07) is 3.83. The van der Waals surface area contributed by atoms with Gasteiger partial charge in [-0.15, -0.1) is 5.10 Å². The van der Waals surface area contributed by atoms with Crippen molar-refractivity contribution in [2.45, 2.75) is 32.2 Å². The van der Waals surface area contributed by atoms with E-state index in [1.807, 2.05) is 0 Å². The number of hydrogen-bond acceptors (Lipinski definition) is 7. The second kappa shape index (κ2) is 8.85. The molecule has 0 radical (unpaired) electrons. The predicted molar refractivity (Wildman–Crippen MR) is 113 cm³/mol. The molecule has 2 aliphatic rings. The van der Waals surface area contributed by atoms with Crippen molar-refractivity contribution in [2.24, 2.45) is 5.92 Å². The van der Waals surface area contributed by atoms with E-state index in [0.717, 1.165) is 17.7 Å². The molecule has 1 saturated carbocycles. The first-order valence-corrected chi connectivity index (χ1v) is 12.2. The molecule has 0 bridgehead atoms. The minimum Gasteiger partial charge on any atom is -0.490 e. The highest BCUT2D eigenvalue weighted by molar-refractivity contribution is 7.91. The number of benzene rings is 1. The Hall–Kier alpha value is -3.02. The molecule has 1 N–H and O–H groups in total. The molecule has 2 fully saturated rings. The van der Waals surface area contributed by atoms with E-state index in [-0.39, 0.29) is 42.2 Å². The number of urea groups is 1. The van der Waals surface area contributed by atoms with Crippen molar-refractivity contribution >= 4 is 27.7 Å². The highest BCUT2D eigenvalue weighted by Gasteiger charge is 2.30. The monoisotopic (exact) mass is 465 g/mol. The van der Waals surface area contributed by atoms with Crippen LogP contribution in [0.5, 0.6) is 5.75 Å². The molecule has 1 aromatic heterocycles. The van der Waals surface area contributed by atoms with Gasteiger partial charge in [-0.25, -0.2) is 22.3 Å². The number of nitrogens with one attached hydrogen (secondary N) is 1. The van der Waals surface area contributed by atoms with Crippen LogP contribution in [0.3, 0.4) is 0 Å². The lowest BCUT2D eigenvalue weighted by atomic mass is 10.0. The van der Waals surface area contributed by atoms with E-state index < -0.39 is 27.6 Å². The minimum absolute atomic E-state index is 0.0316. The van der Waals surface area contributed by atoms with Gasteiger partial charge in [-0.3, -0.25) is 15.0 Å². The predicted octanol–water partition coefficient (Wildman–Crippen LogP) is 1.48. The number of hydrogen-bond donors (Lipinski definition) is 1. The van der Waals surface area contributed by atoms with Crippen molar-refractivity contribution in [3.05, 3.63) is 35.9 Å². The average molecular weight is 466 g/mol. The van der Waals surface area contributed by atoms with Crippen molar-refractivity contribution in [2.75, 3.05) is 29.6 Å². The Bertz CT molecular complexity index is 1130. The van der Waals surface area contributed by atoms with Crippen LogP contribution in [0.2, 0.25) is 0 Å². The van der Waals surface area contributed by atoms with Crippen LogP contribution in [0, 0.1) is 11.7 Å². The number of ether oxygens (including phenoxy) is 1. The normalized spacial score (nSPS) is 17.5. The van der Waals surface area contributed by atoms with Gasteiger partial charge in [0.05, 0.1) is 24.7 Å². The van der Waals surface area contributed by atoms with Crippen molar-refractivity contribution in [3.8, 4) is 5.75 Å². The Labute approximate surface area is 184 Å². The molecule has 0 unspecified atom stereocenters. The Balaban J connectivity index is 1.33. The van der Waals surface area contributed by atoms with Crippen molar-refractivity contribution in [1.29, 1.82) is 0 Å². The fourth-order valence-electron chi connectivity index (χ4n) is 3.34. The molecule has 12 heteroatoms. The lowest BCUT2D eigenvalue weighted by molar-refractivity contribution is -0.117. The van der Waals surface area contributed by atoms with Crippen molar-refractivity contribution < 1.29 is 27.1 Å². The van der Waals surface area contributed by atoms with Crippen LogP contribution in [0.1, 0.15) is 31.2 Å². The Morgan fingerprint density at radius 3 is 2.78 bits per heavy atom. The number of amides is 3. The van der Waals surface area contributed by atoms with Gasteiger partial charge < -0.3 is 4.74 Å². The zero-order valence-corrected chi connectivity index (χ0v) is 18.3. The summed E-state index contributed by atoms with van der Waals surface area (Å²) in [5.74, 6) is -0.905. The SMILES string of the molecule is C[C@@H](CS(=O)(=O)CCn1cnc(N2CC(=O)NC2=O)n1)c1ccc(F)c(OCC2CC2)c1. The van der Waals surface area contributed by atoms with E-state index in [1.165, 1.54) is 17.1 Å². The first kappa shape index (κ1) is 22.2. The standard InChI is InChI=1S/C20H24FN5O5S/c1-13(15-4-5-16(21)17(8-15)31-10-14-2-3-14)11-32(29,30)7-6-25-12-22-19(24-25)26-9-18(27)23-20(26)28/h4-5,8,12-14H,2-3,6-7,9-11H2,1H3,(H,23,27,28)/t13-/m0/s1. The van der Waals surface area contributed by atoms with Gasteiger partial charge in [-0.2, -0.15) is 4.98 Å². The van der Waals surface area contributed by atoms with Gasteiger partial charge in [0.1, 0.15) is 12.9 Å². The molecular weight excluding hydrogens is 441 g/mol. The minimum atomic E-state index is -3.47. The van der Waals surface area contributed by atoms with Crippen molar-refractivity contribution in [1.82, 2.24) is 20.1 Å². The molecule has 1 aliphatic carbocycles. The van der Waals surface area contributed by atoms with E-state index >= 15 is 0 Å². The summed E-state index contributed by atoms with van der Waals surface area (Å²) in [6.45, 7) is 2.11. The highest BCUT2D eigenvalue weighted by atomic mass is 32.2. The summed E-state index contributed by atoms with van der Waals surface area (Å²) in [6.07, 6.45) is 3.49. The summed E-state index contributed by atoms with van der Waals surface area (Å²) < 4.78 is 46.1. The third kappa shape index (κ3) is 5.42. The number of carbonyl (C=O) groups excluding carboxylic acids is 2. The van der Waals surface area contributed by atoms with Crippen LogP contribution in [-0.4, -0.2) is 59.8 Å². The molecule has 32 heavy (non-hydrogen) atoms. The maximum Gasteiger partial charge on any atom is 0.331 e. The fraction of sp³-hybridized carbons (Fsp3) is 0.500. The van der Waals surface area contributed by atoms with Gasteiger partial charge in [0.15, 0.2) is 21.4 Å². The number of anilines is 1. The van der Waals surface area contributed by atoms with Crippen LogP contribution in [0.15, 0.2) is 24.5 Å². The van der Waals surface area contributed by atoms with Gasteiger partial charge in [-0.1, -0.05) is 13.0 Å². The third-order valence-electron chi connectivity index (χ3n) is 5.39. The Kier molecular flexibility index (Phi) is 6.13. The molecule has 4 rings (SSSR count). The highest BCUT2D eigenvalue weighted by Crippen LogP contribution is 2.31. The summed E-state index contributed by atoms with van der Waals surface area (Å²) in [5.41, 5.74) is 0.688. The third-order valence-corrected chi connectivity index (χ3v) is 7.20. The van der Waals surface area contributed by atoms with Gasteiger partial charge in [0, 0.05) is 0 Å². The Morgan fingerprint density at radius 2 is 2.09 bits per heavy atom. The molecule has 1 aromatic carbocycles. The number of nitrogens with zero attached hydrogens (tertiary/aromatic N) is 4. The molecule has 1 aliphatic heterocycles. The Morgan fingerprint density at radius 1 is 1.31 bits per heavy atom. The van der Waals surface area contributed by atoms with Crippen LogP contribution in [0.25, 0.3) is 0 Å². The van der Waals surface area contributed by atoms with E-state index in [2.05, 4.69) is 15.4 Å². The average Bonchev–Trinajstić information content (AvgIpc) is 3.33. The van der Waals surface area contributed by atoms with Crippen LogP contribution < -0.4 is 15.0 Å². The molecule has 172 valence electrons. The molecule has 10 nitrogen and oxygen atoms in total. The smallest absolute Gasteiger partial charge is 0.331 e. The zero-order chi connectivity index (χ0) is 22.9. The van der Waals surface area contributed by atoms with Gasteiger partial charge in [-0.05, 0) is 42.4 Å². The number of halogens is 1. The van der Waals surface area contributed by atoms with E-state index in [9.17, 15) is 22.4 Å². The van der Waals surface area contributed by atoms with Gasteiger partial charge >= 0.3 is 6.03 Å². The number of rotatable bonds is 10. The van der Waals surface area contributed by atoms with E-state index in [0.29, 0.717) is 18.1 Å².